The van der Waals surface area contributed by atoms with Crippen LogP contribution in [0.2, 0.25) is 0 Å². The lowest BCUT2D eigenvalue weighted by Gasteiger charge is -2.36. The van der Waals surface area contributed by atoms with Gasteiger partial charge in [0.1, 0.15) is 4.90 Å². The molecule has 2 atom stereocenters. The molecule has 1 saturated heterocycles. The van der Waals surface area contributed by atoms with E-state index in [-0.39, 0.29) is 10.9 Å². The second-order valence-corrected chi connectivity index (χ2v) is 7.62. The molecule has 1 aromatic heterocycles. The van der Waals surface area contributed by atoms with Crippen LogP contribution in [0.1, 0.15) is 26.7 Å². The summed E-state index contributed by atoms with van der Waals surface area (Å²) in [6.45, 7) is 4.68. The molecule has 0 radical (unpaired) electrons. The van der Waals surface area contributed by atoms with Crippen molar-refractivity contribution in [3.05, 3.63) is 22.9 Å². The number of nitrogens with zero attached hydrogens (tertiary/aromatic N) is 2. The third kappa shape index (κ3) is 2.60. The Hall–Kier alpha value is -0.460. The summed E-state index contributed by atoms with van der Waals surface area (Å²) in [5, 5.41) is 0. The Labute approximate surface area is 117 Å². The van der Waals surface area contributed by atoms with Gasteiger partial charge in [-0.15, -0.1) is 0 Å². The molecule has 0 spiro atoms. The summed E-state index contributed by atoms with van der Waals surface area (Å²) in [4.78, 5) is 4.20. The van der Waals surface area contributed by atoms with Gasteiger partial charge in [-0.05, 0) is 47.7 Å². The number of rotatable bonds is 2. The Morgan fingerprint density at radius 3 is 2.78 bits per heavy atom. The van der Waals surface area contributed by atoms with Crippen molar-refractivity contribution in [3.8, 4) is 0 Å². The van der Waals surface area contributed by atoms with Crippen LogP contribution < -0.4 is 0 Å². The number of pyridine rings is 1. The Kier molecular flexibility index (Phi) is 4.08. The molecule has 18 heavy (non-hydrogen) atoms. The second kappa shape index (κ2) is 5.27. The van der Waals surface area contributed by atoms with Crippen molar-refractivity contribution in [2.75, 3.05) is 6.54 Å². The molecule has 1 aliphatic rings. The quantitative estimate of drug-likeness (QED) is 0.836. The minimum Gasteiger partial charge on any atom is -0.262 e. The fourth-order valence-electron chi connectivity index (χ4n) is 2.31. The molecule has 2 heterocycles. The van der Waals surface area contributed by atoms with Gasteiger partial charge in [0, 0.05) is 29.5 Å². The standard InChI is InChI=1S/C12H17BrN2O2S/c1-9-4-3-5-15(10(9)2)18(16,17)12-6-11(13)7-14-8-12/h6-10H,3-5H2,1-2H3. The maximum absolute atomic E-state index is 12.6. The van der Waals surface area contributed by atoms with E-state index < -0.39 is 10.0 Å². The van der Waals surface area contributed by atoms with E-state index in [0.717, 1.165) is 12.8 Å². The summed E-state index contributed by atoms with van der Waals surface area (Å²) in [6, 6.07) is 1.65. The molecule has 0 saturated carbocycles. The van der Waals surface area contributed by atoms with Crippen LogP contribution >= 0.6 is 15.9 Å². The van der Waals surface area contributed by atoms with Gasteiger partial charge in [0.15, 0.2) is 0 Å². The second-order valence-electron chi connectivity index (χ2n) is 4.81. The van der Waals surface area contributed by atoms with Gasteiger partial charge in [-0.3, -0.25) is 4.98 Å². The minimum atomic E-state index is -3.43. The van der Waals surface area contributed by atoms with Crippen molar-refractivity contribution in [2.24, 2.45) is 5.92 Å². The van der Waals surface area contributed by atoms with Crippen molar-refractivity contribution in [2.45, 2.75) is 37.6 Å². The number of hydrogen-bond acceptors (Lipinski definition) is 3. The summed E-state index contributed by atoms with van der Waals surface area (Å²) in [7, 11) is -3.43. The first-order valence-corrected chi connectivity index (χ1v) is 8.28. The van der Waals surface area contributed by atoms with E-state index in [2.05, 4.69) is 27.8 Å². The first-order chi connectivity index (χ1) is 8.43. The average molecular weight is 333 g/mol. The summed E-state index contributed by atoms with van der Waals surface area (Å²) in [6.07, 6.45) is 5.00. The molecule has 0 amide bonds. The van der Waals surface area contributed by atoms with Crippen LogP contribution in [0.4, 0.5) is 0 Å². The first kappa shape index (κ1) is 14.0. The van der Waals surface area contributed by atoms with E-state index in [0.29, 0.717) is 16.9 Å². The number of halogens is 1. The highest BCUT2D eigenvalue weighted by Crippen LogP contribution is 2.29. The lowest BCUT2D eigenvalue weighted by molar-refractivity contribution is 0.202. The molecular formula is C12H17BrN2O2S. The third-order valence-electron chi connectivity index (χ3n) is 3.60. The van der Waals surface area contributed by atoms with Crippen LogP contribution in [0.25, 0.3) is 0 Å². The zero-order valence-corrected chi connectivity index (χ0v) is 12.9. The van der Waals surface area contributed by atoms with E-state index in [9.17, 15) is 8.42 Å². The van der Waals surface area contributed by atoms with E-state index in [4.69, 9.17) is 0 Å². The van der Waals surface area contributed by atoms with Gasteiger partial charge < -0.3 is 0 Å². The van der Waals surface area contributed by atoms with Crippen LogP contribution in [0.5, 0.6) is 0 Å². The number of hydrogen-bond donors (Lipinski definition) is 0. The Morgan fingerprint density at radius 1 is 1.39 bits per heavy atom. The summed E-state index contributed by atoms with van der Waals surface area (Å²) >= 11 is 3.26. The normalized spacial score (nSPS) is 26.2. The van der Waals surface area contributed by atoms with Gasteiger partial charge in [0.25, 0.3) is 0 Å². The van der Waals surface area contributed by atoms with Crippen LogP contribution in [-0.4, -0.2) is 30.3 Å². The van der Waals surface area contributed by atoms with Gasteiger partial charge >= 0.3 is 0 Å². The molecule has 0 aliphatic carbocycles. The maximum Gasteiger partial charge on any atom is 0.244 e. The molecule has 0 bridgehead atoms. The van der Waals surface area contributed by atoms with Gasteiger partial charge in [-0.25, -0.2) is 8.42 Å². The zero-order chi connectivity index (χ0) is 13.3. The molecular weight excluding hydrogens is 316 g/mol. The molecule has 0 N–H and O–H groups in total. The topological polar surface area (TPSA) is 50.3 Å². The van der Waals surface area contributed by atoms with Crippen LogP contribution in [0, 0.1) is 5.92 Å². The molecule has 100 valence electrons. The molecule has 4 nitrogen and oxygen atoms in total. The van der Waals surface area contributed by atoms with E-state index in [1.807, 2.05) is 6.92 Å². The summed E-state index contributed by atoms with van der Waals surface area (Å²) < 4.78 is 27.4. The SMILES string of the molecule is CC1CCCN(S(=O)(=O)c2cncc(Br)c2)C1C. The monoisotopic (exact) mass is 332 g/mol. The largest absolute Gasteiger partial charge is 0.262 e. The van der Waals surface area contributed by atoms with Crippen LogP contribution in [-0.2, 0) is 10.0 Å². The highest BCUT2D eigenvalue weighted by atomic mass is 79.9. The van der Waals surface area contributed by atoms with Gasteiger partial charge in [0.05, 0.1) is 0 Å². The molecule has 6 heteroatoms. The van der Waals surface area contributed by atoms with Gasteiger partial charge in [0.2, 0.25) is 10.0 Å². The molecule has 1 aliphatic heterocycles. The Bertz CT molecular complexity index is 533. The van der Waals surface area contributed by atoms with Gasteiger partial charge in [-0.2, -0.15) is 4.31 Å². The van der Waals surface area contributed by atoms with Gasteiger partial charge in [-0.1, -0.05) is 6.92 Å². The fraction of sp³-hybridized carbons (Fsp3) is 0.583. The number of aromatic nitrogens is 1. The van der Waals surface area contributed by atoms with E-state index in [1.54, 1.807) is 16.6 Å². The predicted octanol–water partition coefficient (Wildman–Crippen LogP) is 2.65. The molecule has 1 aromatic rings. The zero-order valence-electron chi connectivity index (χ0n) is 10.5. The number of piperidine rings is 1. The summed E-state index contributed by atoms with van der Waals surface area (Å²) in [5.41, 5.74) is 0. The van der Waals surface area contributed by atoms with E-state index in [1.165, 1.54) is 6.20 Å². The molecule has 2 unspecified atom stereocenters. The third-order valence-corrected chi connectivity index (χ3v) is 5.99. The van der Waals surface area contributed by atoms with E-state index >= 15 is 0 Å². The molecule has 0 aromatic carbocycles. The lowest BCUT2D eigenvalue weighted by atomic mass is 9.94. The fourth-order valence-corrected chi connectivity index (χ4v) is 4.58. The molecule has 1 fully saturated rings. The number of sulfonamides is 1. The minimum absolute atomic E-state index is 0.0442. The van der Waals surface area contributed by atoms with Crippen molar-refractivity contribution >= 4 is 26.0 Å². The highest BCUT2D eigenvalue weighted by molar-refractivity contribution is 9.10. The predicted molar refractivity (Wildman–Crippen MR) is 73.7 cm³/mol. The average Bonchev–Trinajstić information content (AvgIpc) is 2.32. The van der Waals surface area contributed by atoms with Crippen molar-refractivity contribution < 1.29 is 8.42 Å². The van der Waals surface area contributed by atoms with Crippen molar-refractivity contribution in [3.63, 3.8) is 0 Å². The molecule has 2 rings (SSSR count). The van der Waals surface area contributed by atoms with Crippen LogP contribution in [0.15, 0.2) is 27.8 Å². The first-order valence-electron chi connectivity index (χ1n) is 6.05. The van der Waals surface area contributed by atoms with Crippen LogP contribution in [0.3, 0.4) is 0 Å². The highest BCUT2D eigenvalue weighted by Gasteiger charge is 2.34. The Morgan fingerprint density at radius 2 is 2.11 bits per heavy atom. The lowest BCUT2D eigenvalue weighted by Crippen LogP contribution is -2.45. The van der Waals surface area contributed by atoms with Crippen molar-refractivity contribution in [1.29, 1.82) is 0 Å². The Balaban J connectivity index is 2.36. The van der Waals surface area contributed by atoms with Crippen molar-refractivity contribution in [1.82, 2.24) is 9.29 Å². The summed E-state index contributed by atoms with van der Waals surface area (Å²) in [5.74, 6) is 0.397. The maximum atomic E-state index is 12.6. The smallest absolute Gasteiger partial charge is 0.244 e.